The number of fused-ring (bicyclic) bond motifs is 1. The fourth-order valence-corrected chi connectivity index (χ4v) is 3.96. The number of carbonyl (C=O) groups is 1. The summed E-state index contributed by atoms with van der Waals surface area (Å²) in [6.07, 6.45) is 0. The summed E-state index contributed by atoms with van der Waals surface area (Å²) in [4.78, 5) is 16.7. The molecule has 0 aliphatic heterocycles. The highest BCUT2D eigenvalue weighted by molar-refractivity contribution is 8.01. The average molecular weight is 314 g/mol. The predicted octanol–water partition coefficient (Wildman–Crippen LogP) is 4.66. The first-order valence-electron chi connectivity index (χ1n) is 6.66. The predicted molar refractivity (Wildman–Crippen MR) is 90.4 cm³/mol. The van der Waals surface area contributed by atoms with Crippen LogP contribution in [0.2, 0.25) is 0 Å². The molecule has 0 bridgehead atoms. The van der Waals surface area contributed by atoms with Gasteiger partial charge in [0.2, 0.25) is 0 Å². The molecule has 3 aromatic rings. The SMILES string of the molecule is CCSc1nc2ccc(NC(=O)c3ccccc3)cc2s1. The zero-order chi connectivity index (χ0) is 14.7. The van der Waals surface area contributed by atoms with Gasteiger partial charge < -0.3 is 5.32 Å². The zero-order valence-corrected chi connectivity index (χ0v) is 13.1. The first-order valence-corrected chi connectivity index (χ1v) is 8.46. The molecule has 1 heterocycles. The third-order valence-corrected chi connectivity index (χ3v) is 4.97. The number of thiazole rings is 1. The standard InChI is InChI=1S/C16H14N2OS2/c1-2-20-16-18-13-9-8-12(10-14(13)21-16)17-15(19)11-6-4-3-5-7-11/h3-10H,2H2,1H3,(H,17,19). The quantitative estimate of drug-likeness (QED) is 0.712. The van der Waals surface area contributed by atoms with E-state index in [1.165, 1.54) is 0 Å². The molecular weight excluding hydrogens is 300 g/mol. The second kappa shape index (κ2) is 6.28. The lowest BCUT2D eigenvalue weighted by atomic mass is 10.2. The van der Waals surface area contributed by atoms with Crippen molar-refractivity contribution >= 4 is 44.9 Å². The molecule has 2 aromatic carbocycles. The Morgan fingerprint density at radius 1 is 1.24 bits per heavy atom. The molecule has 3 nitrogen and oxygen atoms in total. The summed E-state index contributed by atoms with van der Waals surface area (Å²) in [5.41, 5.74) is 2.44. The minimum Gasteiger partial charge on any atom is -0.322 e. The van der Waals surface area contributed by atoms with Gasteiger partial charge in [-0.1, -0.05) is 36.9 Å². The Bertz CT molecular complexity index is 768. The average Bonchev–Trinajstić information content (AvgIpc) is 2.90. The second-order valence-corrected chi connectivity index (χ2v) is 6.96. The smallest absolute Gasteiger partial charge is 0.255 e. The lowest BCUT2D eigenvalue weighted by Gasteiger charge is -2.04. The van der Waals surface area contributed by atoms with Crippen molar-refractivity contribution in [3.05, 3.63) is 54.1 Å². The minimum atomic E-state index is -0.0948. The molecule has 1 aromatic heterocycles. The van der Waals surface area contributed by atoms with Crippen LogP contribution in [-0.2, 0) is 0 Å². The second-order valence-electron chi connectivity index (χ2n) is 4.42. The van der Waals surface area contributed by atoms with Gasteiger partial charge in [-0.25, -0.2) is 4.98 Å². The zero-order valence-electron chi connectivity index (χ0n) is 11.5. The van der Waals surface area contributed by atoms with Gasteiger partial charge in [-0.3, -0.25) is 4.79 Å². The molecule has 3 rings (SSSR count). The van der Waals surface area contributed by atoms with Crippen molar-refractivity contribution in [2.75, 3.05) is 11.1 Å². The largest absolute Gasteiger partial charge is 0.322 e. The van der Waals surface area contributed by atoms with Crippen molar-refractivity contribution in [3.63, 3.8) is 0 Å². The van der Waals surface area contributed by atoms with Gasteiger partial charge in [0.1, 0.15) is 0 Å². The van der Waals surface area contributed by atoms with Crippen molar-refractivity contribution in [3.8, 4) is 0 Å². The van der Waals surface area contributed by atoms with Crippen molar-refractivity contribution in [1.82, 2.24) is 4.98 Å². The van der Waals surface area contributed by atoms with Crippen LogP contribution < -0.4 is 5.32 Å². The summed E-state index contributed by atoms with van der Waals surface area (Å²) in [5.74, 6) is 0.917. The Morgan fingerprint density at radius 3 is 2.81 bits per heavy atom. The van der Waals surface area contributed by atoms with Gasteiger partial charge in [0.05, 0.1) is 10.2 Å². The van der Waals surface area contributed by atoms with Gasteiger partial charge in [-0.15, -0.1) is 11.3 Å². The van der Waals surface area contributed by atoms with Crippen LogP contribution >= 0.6 is 23.1 Å². The number of aromatic nitrogens is 1. The Morgan fingerprint density at radius 2 is 2.05 bits per heavy atom. The van der Waals surface area contributed by atoms with Gasteiger partial charge in [-0.05, 0) is 36.1 Å². The molecule has 106 valence electrons. The Labute approximate surface area is 131 Å². The van der Waals surface area contributed by atoms with Crippen LogP contribution in [-0.4, -0.2) is 16.6 Å². The maximum atomic E-state index is 12.1. The number of benzene rings is 2. The van der Waals surface area contributed by atoms with E-state index in [9.17, 15) is 4.79 Å². The number of anilines is 1. The molecule has 0 aliphatic carbocycles. The van der Waals surface area contributed by atoms with Crippen molar-refractivity contribution in [2.24, 2.45) is 0 Å². The molecule has 0 fully saturated rings. The molecule has 0 unspecified atom stereocenters. The van der Waals surface area contributed by atoms with Crippen LogP contribution in [0.1, 0.15) is 17.3 Å². The number of thioether (sulfide) groups is 1. The van der Waals surface area contributed by atoms with E-state index in [1.807, 2.05) is 36.4 Å². The molecule has 0 spiro atoms. The third kappa shape index (κ3) is 3.25. The molecule has 0 aliphatic rings. The molecule has 5 heteroatoms. The first kappa shape index (κ1) is 14.1. The van der Waals surface area contributed by atoms with Gasteiger partial charge in [0, 0.05) is 11.3 Å². The lowest BCUT2D eigenvalue weighted by Crippen LogP contribution is -2.11. The van der Waals surface area contributed by atoms with Gasteiger partial charge in [-0.2, -0.15) is 0 Å². The van der Waals surface area contributed by atoms with Gasteiger partial charge in [0.25, 0.3) is 5.91 Å². The minimum absolute atomic E-state index is 0.0948. The monoisotopic (exact) mass is 314 g/mol. The lowest BCUT2D eigenvalue weighted by molar-refractivity contribution is 0.102. The van der Waals surface area contributed by atoms with Crippen molar-refractivity contribution in [1.29, 1.82) is 0 Å². The number of amides is 1. The normalized spacial score (nSPS) is 10.7. The molecule has 1 N–H and O–H groups in total. The highest BCUT2D eigenvalue weighted by Crippen LogP contribution is 2.31. The fourth-order valence-electron chi connectivity index (χ4n) is 1.96. The van der Waals surface area contributed by atoms with E-state index in [0.29, 0.717) is 5.56 Å². The summed E-state index contributed by atoms with van der Waals surface area (Å²) in [6, 6.07) is 15.0. The molecule has 21 heavy (non-hydrogen) atoms. The maximum Gasteiger partial charge on any atom is 0.255 e. The van der Waals surface area contributed by atoms with Crippen LogP contribution in [0.4, 0.5) is 5.69 Å². The van der Waals surface area contributed by atoms with E-state index in [1.54, 1.807) is 35.2 Å². The summed E-state index contributed by atoms with van der Waals surface area (Å²) >= 11 is 3.40. The topological polar surface area (TPSA) is 42.0 Å². The molecule has 0 radical (unpaired) electrons. The van der Waals surface area contributed by atoms with E-state index >= 15 is 0 Å². The molecule has 0 saturated carbocycles. The first-order chi connectivity index (χ1) is 10.3. The van der Waals surface area contributed by atoms with Crippen LogP contribution in [0.25, 0.3) is 10.2 Å². The van der Waals surface area contributed by atoms with Gasteiger partial charge >= 0.3 is 0 Å². The van der Waals surface area contributed by atoms with E-state index in [4.69, 9.17) is 0 Å². The van der Waals surface area contributed by atoms with E-state index in [2.05, 4.69) is 17.2 Å². The van der Waals surface area contributed by atoms with Crippen LogP contribution in [0, 0.1) is 0 Å². The van der Waals surface area contributed by atoms with Crippen LogP contribution in [0.3, 0.4) is 0 Å². The van der Waals surface area contributed by atoms with E-state index in [-0.39, 0.29) is 5.91 Å². The highest BCUT2D eigenvalue weighted by Gasteiger charge is 2.08. The maximum absolute atomic E-state index is 12.1. The summed E-state index contributed by atoms with van der Waals surface area (Å²) < 4.78 is 2.16. The van der Waals surface area contributed by atoms with Crippen LogP contribution in [0.15, 0.2) is 52.9 Å². The Kier molecular flexibility index (Phi) is 4.22. The number of rotatable bonds is 4. The Balaban J connectivity index is 1.82. The van der Waals surface area contributed by atoms with Crippen LogP contribution in [0.5, 0.6) is 0 Å². The van der Waals surface area contributed by atoms with Crippen molar-refractivity contribution in [2.45, 2.75) is 11.3 Å². The number of nitrogens with one attached hydrogen (secondary N) is 1. The number of carbonyl (C=O) groups excluding carboxylic acids is 1. The molecule has 1 amide bonds. The Hall–Kier alpha value is -1.85. The third-order valence-electron chi connectivity index (χ3n) is 2.93. The van der Waals surface area contributed by atoms with Gasteiger partial charge in [0.15, 0.2) is 4.34 Å². The fraction of sp³-hybridized carbons (Fsp3) is 0.125. The number of hydrogen-bond acceptors (Lipinski definition) is 4. The number of nitrogens with zero attached hydrogens (tertiary/aromatic N) is 1. The van der Waals surface area contributed by atoms with E-state index in [0.717, 1.165) is 26.0 Å². The number of hydrogen-bond donors (Lipinski definition) is 1. The molecular formula is C16H14N2OS2. The molecule has 0 saturated heterocycles. The molecule has 0 atom stereocenters. The summed E-state index contributed by atoms with van der Waals surface area (Å²) in [7, 11) is 0. The summed E-state index contributed by atoms with van der Waals surface area (Å²) in [5, 5.41) is 2.92. The summed E-state index contributed by atoms with van der Waals surface area (Å²) in [6.45, 7) is 2.11. The van der Waals surface area contributed by atoms with Crippen molar-refractivity contribution < 1.29 is 4.79 Å². The highest BCUT2D eigenvalue weighted by atomic mass is 32.2. The van der Waals surface area contributed by atoms with E-state index < -0.39 is 0 Å².